The Bertz CT molecular complexity index is 756. The number of hydrogen-bond donors (Lipinski definition) is 4. The van der Waals surface area contributed by atoms with Crippen LogP contribution in [-0.4, -0.2) is 42.7 Å². The van der Waals surface area contributed by atoms with Crippen molar-refractivity contribution in [1.29, 1.82) is 0 Å². The summed E-state index contributed by atoms with van der Waals surface area (Å²) in [5.74, 6) is 2.67. The van der Waals surface area contributed by atoms with Crippen molar-refractivity contribution in [2.75, 3.05) is 42.7 Å². The summed E-state index contributed by atoms with van der Waals surface area (Å²) in [4.78, 5) is 20.6. The maximum Gasteiger partial charge on any atom is 0.319 e. The highest BCUT2D eigenvalue weighted by Gasteiger charge is 2.08. The monoisotopic (exact) mass is 378 g/mol. The number of halogens is 1. The van der Waals surface area contributed by atoms with Gasteiger partial charge in [0.25, 0.3) is 0 Å². The molecule has 140 valence electrons. The molecule has 1 aromatic heterocycles. The number of urea groups is 1. The normalized spacial score (nSPS) is 10.2. The summed E-state index contributed by atoms with van der Waals surface area (Å²) in [5.41, 5.74) is 0.507. The molecule has 0 bridgehead atoms. The highest BCUT2D eigenvalue weighted by atomic mass is 35.5. The number of aromatic nitrogens is 2. The molecule has 0 saturated heterocycles. The molecule has 4 N–H and O–H groups in total. The number of carbonyl (C=O) groups is 1. The Balaban J connectivity index is 1.81. The minimum Gasteiger partial charge on any atom is -0.495 e. The minimum absolute atomic E-state index is 0.348. The van der Waals surface area contributed by atoms with Crippen LogP contribution in [0.2, 0.25) is 5.02 Å². The molecule has 2 aromatic rings. The first kappa shape index (κ1) is 19.6. The van der Waals surface area contributed by atoms with E-state index in [1.54, 1.807) is 18.2 Å². The van der Waals surface area contributed by atoms with Gasteiger partial charge in [-0.25, -0.2) is 14.8 Å². The van der Waals surface area contributed by atoms with Gasteiger partial charge in [0.05, 0.1) is 12.8 Å². The molecule has 0 saturated carbocycles. The molecular weight excluding hydrogens is 356 g/mol. The zero-order chi connectivity index (χ0) is 18.9. The van der Waals surface area contributed by atoms with Crippen molar-refractivity contribution in [3.05, 3.63) is 35.1 Å². The lowest BCUT2D eigenvalue weighted by molar-refractivity contribution is 0.252. The van der Waals surface area contributed by atoms with Gasteiger partial charge in [0, 0.05) is 30.7 Å². The number of rotatable bonds is 8. The molecule has 2 amide bonds. The van der Waals surface area contributed by atoms with Crippen LogP contribution in [0.25, 0.3) is 0 Å². The Kier molecular flexibility index (Phi) is 7.28. The number of benzene rings is 1. The zero-order valence-corrected chi connectivity index (χ0v) is 15.8. The van der Waals surface area contributed by atoms with E-state index in [0.29, 0.717) is 41.2 Å². The molecule has 0 aliphatic heterocycles. The third-order valence-corrected chi connectivity index (χ3v) is 3.56. The first-order valence-corrected chi connectivity index (χ1v) is 8.61. The number of anilines is 3. The van der Waals surface area contributed by atoms with Gasteiger partial charge in [-0.2, -0.15) is 0 Å². The zero-order valence-electron chi connectivity index (χ0n) is 15.0. The summed E-state index contributed by atoms with van der Waals surface area (Å²) in [6.07, 6.45) is 0. The van der Waals surface area contributed by atoms with Crippen molar-refractivity contribution in [3.8, 4) is 5.75 Å². The SMILES string of the molecule is CCNc1cc(NCCNC(=O)Nc2cc(Cl)ccc2OC)nc(C)n1. The van der Waals surface area contributed by atoms with Crippen LogP contribution in [0.5, 0.6) is 5.75 Å². The van der Waals surface area contributed by atoms with Crippen LogP contribution >= 0.6 is 11.6 Å². The maximum absolute atomic E-state index is 12.0. The fourth-order valence-corrected chi connectivity index (χ4v) is 2.41. The smallest absolute Gasteiger partial charge is 0.319 e. The Labute approximate surface area is 157 Å². The maximum atomic E-state index is 12.0. The molecule has 1 heterocycles. The van der Waals surface area contributed by atoms with E-state index in [9.17, 15) is 4.79 Å². The van der Waals surface area contributed by atoms with E-state index in [1.165, 1.54) is 7.11 Å². The molecule has 8 nitrogen and oxygen atoms in total. The average molecular weight is 379 g/mol. The topological polar surface area (TPSA) is 100 Å². The van der Waals surface area contributed by atoms with E-state index in [0.717, 1.165) is 12.4 Å². The van der Waals surface area contributed by atoms with Crippen LogP contribution in [-0.2, 0) is 0 Å². The number of carbonyl (C=O) groups excluding carboxylic acids is 1. The molecular formula is C17H23ClN6O2. The summed E-state index contributed by atoms with van der Waals surface area (Å²) < 4.78 is 5.19. The van der Waals surface area contributed by atoms with E-state index in [1.807, 2.05) is 19.9 Å². The van der Waals surface area contributed by atoms with Crippen LogP contribution in [0.3, 0.4) is 0 Å². The molecule has 0 atom stereocenters. The van der Waals surface area contributed by atoms with Crippen molar-refractivity contribution in [1.82, 2.24) is 15.3 Å². The molecule has 0 aliphatic carbocycles. The van der Waals surface area contributed by atoms with Crippen molar-refractivity contribution < 1.29 is 9.53 Å². The number of aryl methyl sites for hydroxylation is 1. The Morgan fingerprint density at radius 1 is 1.15 bits per heavy atom. The summed E-state index contributed by atoms with van der Waals surface area (Å²) in [7, 11) is 1.53. The van der Waals surface area contributed by atoms with Crippen LogP contribution < -0.4 is 26.0 Å². The second kappa shape index (κ2) is 9.67. The highest BCUT2D eigenvalue weighted by molar-refractivity contribution is 6.31. The number of ether oxygens (including phenoxy) is 1. The second-order valence-electron chi connectivity index (χ2n) is 5.37. The van der Waals surface area contributed by atoms with Gasteiger partial charge in [0.1, 0.15) is 23.2 Å². The van der Waals surface area contributed by atoms with Crippen molar-refractivity contribution in [2.24, 2.45) is 0 Å². The third-order valence-electron chi connectivity index (χ3n) is 3.32. The molecule has 1 aromatic carbocycles. The Morgan fingerprint density at radius 3 is 2.58 bits per heavy atom. The van der Waals surface area contributed by atoms with Crippen LogP contribution in [0.1, 0.15) is 12.7 Å². The van der Waals surface area contributed by atoms with Crippen LogP contribution in [0, 0.1) is 6.92 Å². The molecule has 2 rings (SSSR count). The van der Waals surface area contributed by atoms with E-state index in [-0.39, 0.29) is 6.03 Å². The molecule has 0 fully saturated rings. The van der Waals surface area contributed by atoms with Crippen molar-refractivity contribution >= 4 is 35.0 Å². The lowest BCUT2D eigenvalue weighted by atomic mass is 10.3. The summed E-state index contributed by atoms with van der Waals surface area (Å²) in [6, 6.07) is 6.49. The third kappa shape index (κ3) is 5.96. The second-order valence-corrected chi connectivity index (χ2v) is 5.80. The molecule has 0 spiro atoms. The number of nitrogens with zero attached hydrogens (tertiary/aromatic N) is 2. The number of nitrogens with one attached hydrogen (secondary N) is 4. The van der Waals surface area contributed by atoms with Crippen LogP contribution in [0.15, 0.2) is 24.3 Å². The standard InChI is InChI=1S/C17H23ClN6O2/c1-4-19-15-10-16(23-11(2)22-15)20-7-8-21-17(25)24-13-9-12(18)5-6-14(13)26-3/h5-6,9-10H,4,7-8H2,1-3H3,(H2,21,24,25)(H2,19,20,22,23). The van der Waals surface area contributed by atoms with E-state index in [4.69, 9.17) is 16.3 Å². The van der Waals surface area contributed by atoms with Crippen molar-refractivity contribution in [2.45, 2.75) is 13.8 Å². The number of hydrogen-bond acceptors (Lipinski definition) is 6. The van der Waals surface area contributed by atoms with Gasteiger partial charge in [0.2, 0.25) is 0 Å². The lowest BCUT2D eigenvalue weighted by Gasteiger charge is -2.12. The minimum atomic E-state index is -0.348. The van der Waals surface area contributed by atoms with Crippen molar-refractivity contribution in [3.63, 3.8) is 0 Å². The Hall–Kier alpha value is -2.74. The summed E-state index contributed by atoms with van der Waals surface area (Å²) in [6.45, 7) is 5.54. The van der Waals surface area contributed by atoms with E-state index in [2.05, 4.69) is 31.2 Å². The predicted octanol–water partition coefficient (Wildman–Crippen LogP) is 3.11. The fraction of sp³-hybridized carbons (Fsp3) is 0.353. The number of methoxy groups -OCH3 is 1. The molecule has 0 unspecified atom stereocenters. The molecule has 9 heteroatoms. The lowest BCUT2D eigenvalue weighted by Crippen LogP contribution is -2.32. The van der Waals surface area contributed by atoms with Gasteiger partial charge in [-0.3, -0.25) is 0 Å². The van der Waals surface area contributed by atoms with Gasteiger partial charge in [-0.05, 0) is 32.0 Å². The molecule has 26 heavy (non-hydrogen) atoms. The summed E-state index contributed by atoms with van der Waals surface area (Å²) in [5, 5.41) is 12.3. The largest absolute Gasteiger partial charge is 0.495 e. The van der Waals surface area contributed by atoms with Gasteiger partial charge >= 0.3 is 6.03 Å². The van der Waals surface area contributed by atoms with E-state index >= 15 is 0 Å². The molecule has 0 radical (unpaired) electrons. The van der Waals surface area contributed by atoms with Crippen LogP contribution in [0.4, 0.5) is 22.1 Å². The highest BCUT2D eigenvalue weighted by Crippen LogP contribution is 2.27. The summed E-state index contributed by atoms with van der Waals surface area (Å²) >= 11 is 5.95. The van der Waals surface area contributed by atoms with Gasteiger partial charge in [-0.15, -0.1) is 0 Å². The van der Waals surface area contributed by atoms with Gasteiger partial charge in [0.15, 0.2) is 0 Å². The number of amides is 2. The van der Waals surface area contributed by atoms with Gasteiger partial charge < -0.3 is 26.0 Å². The first-order chi connectivity index (χ1) is 12.5. The fourth-order valence-electron chi connectivity index (χ4n) is 2.24. The molecule has 0 aliphatic rings. The Morgan fingerprint density at radius 2 is 1.88 bits per heavy atom. The predicted molar refractivity (Wildman–Crippen MR) is 104 cm³/mol. The quantitative estimate of drug-likeness (QED) is 0.527. The van der Waals surface area contributed by atoms with Gasteiger partial charge in [-0.1, -0.05) is 11.6 Å². The average Bonchev–Trinajstić information content (AvgIpc) is 2.59. The first-order valence-electron chi connectivity index (χ1n) is 8.23. The van der Waals surface area contributed by atoms with E-state index < -0.39 is 0 Å².